The summed E-state index contributed by atoms with van der Waals surface area (Å²) < 4.78 is 5.38. The monoisotopic (exact) mass is 278 g/mol. The van der Waals surface area contributed by atoms with Crippen molar-refractivity contribution in [1.29, 1.82) is 0 Å². The summed E-state index contributed by atoms with van der Waals surface area (Å²) in [5.74, 6) is 0.727. The summed E-state index contributed by atoms with van der Waals surface area (Å²) in [5, 5.41) is 12.6. The van der Waals surface area contributed by atoms with Crippen molar-refractivity contribution in [3.63, 3.8) is 0 Å². The van der Waals surface area contributed by atoms with Crippen LogP contribution in [0.3, 0.4) is 0 Å². The lowest BCUT2D eigenvalue weighted by Crippen LogP contribution is -2.26. The van der Waals surface area contributed by atoms with Gasteiger partial charge in [-0.25, -0.2) is 0 Å². The minimum absolute atomic E-state index is 0.192. The van der Waals surface area contributed by atoms with Crippen molar-refractivity contribution in [3.8, 4) is 0 Å². The van der Waals surface area contributed by atoms with E-state index in [0.717, 1.165) is 50.8 Å². The van der Waals surface area contributed by atoms with Gasteiger partial charge in [-0.3, -0.25) is 0 Å². The van der Waals surface area contributed by atoms with Gasteiger partial charge in [0.05, 0.1) is 6.61 Å². The molecule has 0 bridgehead atoms. The normalized spacial score (nSPS) is 16.1. The Labute approximate surface area is 121 Å². The number of nitrogens with zero attached hydrogens (tertiary/aromatic N) is 1. The maximum atomic E-state index is 9.05. The molecule has 0 amide bonds. The van der Waals surface area contributed by atoms with Crippen LogP contribution in [0.25, 0.3) is 0 Å². The van der Waals surface area contributed by atoms with Crippen molar-refractivity contribution in [3.05, 3.63) is 24.3 Å². The highest BCUT2D eigenvalue weighted by molar-refractivity contribution is 5.55. The maximum Gasteiger partial charge on any atom is 0.0606 e. The van der Waals surface area contributed by atoms with E-state index in [9.17, 15) is 0 Å². The summed E-state index contributed by atoms with van der Waals surface area (Å²) in [6, 6.07) is 8.47. The van der Waals surface area contributed by atoms with Crippen LogP contribution in [0.15, 0.2) is 24.3 Å². The summed E-state index contributed by atoms with van der Waals surface area (Å²) in [6.07, 6.45) is 2.32. The number of rotatable bonds is 7. The largest absolute Gasteiger partial charge is 0.395 e. The van der Waals surface area contributed by atoms with E-state index in [0.29, 0.717) is 6.54 Å². The second kappa shape index (κ2) is 8.12. The average molecular weight is 278 g/mol. The molecule has 112 valence electrons. The van der Waals surface area contributed by atoms with E-state index in [1.54, 1.807) is 0 Å². The van der Waals surface area contributed by atoms with Gasteiger partial charge in [0.1, 0.15) is 0 Å². The van der Waals surface area contributed by atoms with Gasteiger partial charge in [-0.15, -0.1) is 0 Å². The second-order valence-electron chi connectivity index (χ2n) is 5.29. The van der Waals surface area contributed by atoms with E-state index < -0.39 is 0 Å². The molecule has 1 fully saturated rings. The Morgan fingerprint density at radius 3 is 2.55 bits per heavy atom. The zero-order valence-electron chi connectivity index (χ0n) is 12.3. The number of hydrogen-bond acceptors (Lipinski definition) is 4. The lowest BCUT2D eigenvalue weighted by molar-refractivity contribution is 0.0699. The number of nitrogens with one attached hydrogen (secondary N) is 1. The summed E-state index contributed by atoms with van der Waals surface area (Å²) in [4.78, 5) is 2.17. The molecule has 1 aliphatic rings. The number of anilines is 2. The Hall–Kier alpha value is -1.26. The number of benzene rings is 1. The molecule has 0 radical (unpaired) electrons. The molecule has 0 unspecified atom stereocenters. The van der Waals surface area contributed by atoms with E-state index in [1.807, 2.05) is 0 Å². The Balaban J connectivity index is 1.84. The molecule has 2 N–H and O–H groups in total. The van der Waals surface area contributed by atoms with Gasteiger partial charge in [0.15, 0.2) is 0 Å². The fourth-order valence-electron chi connectivity index (χ4n) is 2.59. The average Bonchev–Trinajstić information content (AvgIpc) is 2.52. The van der Waals surface area contributed by atoms with E-state index in [2.05, 4.69) is 41.4 Å². The highest BCUT2D eigenvalue weighted by Crippen LogP contribution is 2.19. The van der Waals surface area contributed by atoms with Crippen LogP contribution in [0.5, 0.6) is 0 Å². The zero-order chi connectivity index (χ0) is 14.2. The molecule has 0 aromatic heterocycles. The van der Waals surface area contributed by atoms with E-state index in [1.165, 1.54) is 5.69 Å². The van der Waals surface area contributed by atoms with Crippen LogP contribution in [0.2, 0.25) is 0 Å². The smallest absolute Gasteiger partial charge is 0.0606 e. The summed E-state index contributed by atoms with van der Waals surface area (Å²) in [7, 11) is 0. The predicted molar refractivity (Wildman–Crippen MR) is 83.4 cm³/mol. The molecule has 20 heavy (non-hydrogen) atoms. The Morgan fingerprint density at radius 2 is 1.95 bits per heavy atom. The first-order valence-corrected chi connectivity index (χ1v) is 7.61. The first-order valence-electron chi connectivity index (χ1n) is 7.61. The van der Waals surface area contributed by atoms with Gasteiger partial charge in [-0.05, 0) is 49.9 Å². The third kappa shape index (κ3) is 4.39. The number of ether oxygens (including phenoxy) is 1. The van der Waals surface area contributed by atoms with Crippen molar-refractivity contribution >= 4 is 11.4 Å². The van der Waals surface area contributed by atoms with Gasteiger partial charge in [0, 0.05) is 44.2 Å². The standard InChI is InChI=1S/C16H26N2O2/c1-2-18(9-10-19)16-5-3-15(4-6-16)17-13-14-7-11-20-12-8-14/h3-6,14,17,19H,2,7-13H2,1H3. The molecule has 4 nitrogen and oxygen atoms in total. The summed E-state index contributed by atoms with van der Waals surface area (Å²) >= 11 is 0. The lowest BCUT2D eigenvalue weighted by atomic mass is 10.0. The minimum Gasteiger partial charge on any atom is -0.395 e. The van der Waals surface area contributed by atoms with Crippen LogP contribution in [0.1, 0.15) is 19.8 Å². The highest BCUT2D eigenvalue weighted by atomic mass is 16.5. The minimum atomic E-state index is 0.192. The van der Waals surface area contributed by atoms with Crippen molar-refractivity contribution in [2.45, 2.75) is 19.8 Å². The van der Waals surface area contributed by atoms with Crippen LogP contribution in [-0.4, -0.2) is 44.6 Å². The highest BCUT2D eigenvalue weighted by Gasteiger charge is 2.13. The maximum absolute atomic E-state index is 9.05. The van der Waals surface area contributed by atoms with Gasteiger partial charge in [-0.1, -0.05) is 0 Å². The van der Waals surface area contributed by atoms with E-state index >= 15 is 0 Å². The molecular formula is C16H26N2O2. The molecule has 4 heteroatoms. The fraction of sp³-hybridized carbons (Fsp3) is 0.625. The third-order valence-electron chi connectivity index (χ3n) is 3.92. The van der Waals surface area contributed by atoms with Crippen LogP contribution >= 0.6 is 0 Å². The quantitative estimate of drug-likeness (QED) is 0.803. The predicted octanol–water partition coefficient (Wildman–Crippen LogP) is 2.34. The summed E-state index contributed by atoms with van der Waals surface area (Å²) in [5.41, 5.74) is 2.33. The second-order valence-corrected chi connectivity index (χ2v) is 5.29. The molecule has 0 atom stereocenters. The first-order chi connectivity index (χ1) is 9.83. The van der Waals surface area contributed by atoms with Crippen molar-refractivity contribution in [2.75, 3.05) is 49.7 Å². The molecule has 0 saturated carbocycles. The van der Waals surface area contributed by atoms with E-state index in [-0.39, 0.29) is 6.61 Å². The van der Waals surface area contributed by atoms with Crippen molar-refractivity contribution < 1.29 is 9.84 Å². The van der Waals surface area contributed by atoms with Gasteiger partial charge < -0.3 is 20.1 Å². The number of likely N-dealkylation sites (N-methyl/N-ethyl adjacent to an activating group) is 1. The Morgan fingerprint density at radius 1 is 1.25 bits per heavy atom. The number of aliphatic hydroxyl groups is 1. The van der Waals surface area contributed by atoms with Gasteiger partial charge in [-0.2, -0.15) is 0 Å². The zero-order valence-corrected chi connectivity index (χ0v) is 12.3. The van der Waals surface area contributed by atoms with Crippen LogP contribution in [0, 0.1) is 5.92 Å². The molecule has 0 spiro atoms. The van der Waals surface area contributed by atoms with E-state index in [4.69, 9.17) is 9.84 Å². The molecule has 2 rings (SSSR count). The Kier molecular flexibility index (Phi) is 6.15. The summed E-state index contributed by atoms with van der Waals surface area (Å²) in [6.45, 7) is 6.72. The Bertz CT molecular complexity index is 375. The van der Waals surface area contributed by atoms with Crippen molar-refractivity contribution in [2.24, 2.45) is 5.92 Å². The van der Waals surface area contributed by atoms with Gasteiger partial charge >= 0.3 is 0 Å². The van der Waals surface area contributed by atoms with Crippen LogP contribution < -0.4 is 10.2 Å². The SMILES string of the molecule is CCN(CCO)c1ccc(NCC2CCOCC2)cc1. The van der Waals surface area contributed by atoms with Crippen molar-refractivity contribution in [1.82, 2.24) is 0 Å². The van der Waals surface area contributed by atoms with Crippen LogP contribution in [0.4, 0.5) is 11.4 Å². The topological polar surface area (TPSA) is 44.7 Å². The molecule has 1 aromatic carbocycles. The van der Waals surface area contributed by atoms with Gasteiger partial charge in [0.2, 0.25) is 0 Å². The molecular weight excluding hydrogens is 252 g/mol. The lowest BCUT2D eigenvalue weighted by Gasteiger charge is -2.24. The van der Waals surface area contributed by atoms with Crippen LogP contribution in [-0.2, 0) is 4.74 Å². The number of aliphatic hydroxyl groups excluding tert-OH is 1. The number of hydrogen-bond donors (Lipinski definition) is 2. The fourth-order valence-corrected chi connectivity index (χ4v) is 2.59. The molecule has 1 aromatic rings. The molecule has 1 heterocycles. The molecule has 0 aliphatic carbocycles. The molecule has 1 saturated heterocycles. The first kappa shape index (κ1) is 15.1. The third-order valence-corrected chi connectivity index (χ3v) is 3.92. The van der Waals surface area contributed by atoms with Gasteiger partial charge in [0.25, 0.3) is 0 Å². The molecule has 1 aliphatic heterocycles.